The van der Waals surface area contributed by atoms with Gasteiger partial charge in [-0.2, -0.15) is 0 Å². The average Bonchev–Trinajstić information content (AvgIpc) is 2.28. The van der Waals surface area contributed by atoms with Crippen LogP contribution in [0.1, 0.15) is 27.2 Å². The molecule has 0 spiro atoms. The fourth-order valence-electron chi connectivity index (χ4n) is 0.664. The molecule has 0 aliphatic heterocycles. The first-order chi connectivity index (χ1) is 8.79. The molecule has 0 saturated heterocycles. The van der Waals surface area contributed by atoms with Gasteiger partial charge < -0.3 is 14.6 Å². The highest BCUT2D eigenvalue weighted by molar-refractivity contribution is 5.66. The van der Waals surface area contributed by atoms with Crippen LogP contribution in [0.15, 0.2) is 36.6 Å². The van der Waals surface area contributed by atoms with Gasteiger partial charge >= 0.3 is 11.9 Å². The highest BCUT2D eigenvalue weighted by Gasteiger charge is 1.94. The van der Waals surface area contributed by atoms with Crippen LogP contribution in [-0.4, -0.2) is 30.3 Å². The third-order valence-corrected chi connectivity index (χ3v) is 1.57. The van der Waals surface area contributed by atoms with Gasteiger partial charge in [0.05, 0.1) is 19.5 Å². The van der Waals surface area contributed by atoms with Crippen LogP contribution in [0.2, 0.25) is 0 Å². The molecule has 0 aliphatic rings. The maximum absolute atomic E-state index is 10.2. The van der Waals surface area contributed by atoms with Crippen molar-refractivity contribution >= 4 is 11.9 Å². The molecule has 0 unspecified atom stereocenters. The van der Waals surface area contributed by atoms with Crippen molar-refractivity contribution in [2.45, 2.75) is 27.2 Å². The van der Waals surface area contributed by atoms with Crippen LogP contribution in [0.3, 0.4) is 0 Å². The number of hydrogen-bond donors (Lipinski definition) is 1. The summed E-state index contributed by atoms with van der Waals surface area (Å²) in [6.07, 6.45) is 3.49. The smallest absolute Gasteiger partial charge is 0.307 e. The molecule has 0 aromatic rings. The summed E-state index contributed by atoms with van der Waals surface area (Å²) >= 11 is 0. The van der Waals surface area contributed by atoms with Gasteiger partial charge in [-0.25, -0.2) is 0 Å². The first kappa shape index (κ1) is 19.5. The summed E-state index contributed by atoms with van der Waals surface area (Å²) in [4.78, 5) is 20.3. The Morgan fingerprint density at radius 3 is 2.11 bits per heavy atom. The van der Waals surface area contributed by atoms with Gasteiger partial charge in [0.15, 0.2) is 0 Å². The maximum Gasteiger partial charge on any atom is 0.307 e. The van der Waals surface area contributed by atoms with E-state index in [2.05, 4.69) is 22.6 Å². The summed E-state index contributed by atoms with van der Waals surface area (Å²) in [5.41, 5.74) is 1.54. The Kier molecular flexibility index (Phi) is 12.9. The summed E-state index contributed by atoms with van der Waals surface area (Å²) < 4.78 is 9.08. The van der Waals surface area contributed by atoms with E-state index in [0.29, 0.717) is 18.6 Å². The molecule has 0 atom stereocenters. The molecule has 0 bridgehead atoms. The van der Waals surface area contributed by atoms with Gasteiger partial charge in [-0.15, -0.1) is 0 Å². The molecule has 0 heterocycles. The lowest BCUT2D eigenvalue weighted by Gasteiger charge is -2.01. The van der Waals surface area contributed by atoms with Crippen LogP contribution in [0.5, 0.6) is 0 Å². The predicted molar refractivity (Wildman–Crippen MR) is 73.2 cm³/mol. The van der Waals surface area contributed by atoms with Gasteiger partial charge in [-0.05, 0) is 18.6 Å². The predicted octanol–water partition coefficient (Wildman–Crippen LogP) is 2.13. The first-order valence-electron chi connectivity index (χ1n) is 5.69. The SMILES string of the molecule is C=C(C)C=COC(C)=O.C=C(CO)CCOC(C)=O. The van der Waals surface area contributed by atoms with Crippen molar-refractivity contribution < 1.29 is 24.2 Å². The molecule has 0 aromatic heterocycles. The van der Waals surface area contributed by atoms with Gasteiger partial charge in [0.2, 0.25) is 0 Å². The standard InChI is InChI=1S/C7H12O3.C7H10O2/c1-6(5-8)3-4-10-7(2)9;1-6(2)4-5-9-7(3)8/h8H,1,3-5H2,2H3;4-5H,1H2,2-3H3. The number of esters is 2. The number of carbonyl (C=O) groups excluding carboxylic acids is 2. The van der Waals surface area contributed by atoms with Gasteiger partial charge in [-0.1, -0.05) is 18.7 Å². The summed E-state index contributed by atoms with van der Waals surface area (Å²) in [5.74, 6) is -0.613. The van der Waals surface area contributed by atoms with Crippen LogP contribution in [0, 0.1) is 0 Å². The molecule has 5 heteroatoms. The van der Waals surface area contributed by atoms with Crippen LogP contribution >= 0.6 is 0 Å². The maximum atomic E-state index is 10.2. The van der Waals surface area contributed by atoms with E-state index in [1.165, 1.54) is 20.1 Å². The van der Waals surface area contributed by atoms with Crippen LogP contribution in [0.4, 0.5) is 0 Å². The number of aliphatic hydroxyl groups is 1. The fraction of sp³-hybridized carbons (Fsp3) is 0.429. The lowest BCUT2D eigenvalue weighted by molar-refractivity contribution is -0.141. The third kappa shape index (κ3) is 21.9. The molecule has 108 valence electrons. The average molecular weight is 270 g/mol. The minimum absolute atomic E-state index is 0.0404. The Hall–Kier alpha value is -1.88. The van der Waals surface area contributed by atoms with E-state index in [4.69, 9.17) is 5.11 Å². The van der Waals surface area contributed by atoms with Gasteiger partial charge in [0, 0.05) is 20.3 Å². The quantitative estimate of drug-likeness (QED) is 0.346. The Balaban J connectivity index is 0. The van der Waals surface area contributed by atoms with Crippen molar-refractivity contribution in [3.63, 3.8) is 0 Å². The zero-order chi connectivity index (χ0) is 15.3. The van der Waals surface area contributed by atoms with Crippen molar-refractivity contribution in [3.05, 3.63) is 36.6 Å². The zero-order valence-electron chi connectivity index (χ0n) is 11.8. The highest BCUT2D eigenvalue weighted by atomic mass is 16.5. The zero-order valence-corrected chi connectivity index (χ0v) is 11.8. The molecule has 0 rings (SSSR count). The van der Waals surface area contributed by atoms with Gasteiger partial charge in [0.1, 0.15) is 0 Å². The van der Waals surface area contributed by atoms with Crippen molar-refractivity contribution in [1.29, 1.82) is 0 Å². The Morgan fingerprint density at radius 2 is 1.74 bits per heavy atom. The Bertz CT molecular complexity index is 342. The number of aliphatic hydroxyl groups excluding tert-OH is 1. The number of allylic oxidation sites excluding steroid dienone is 2. The lowest BCUT2D eigenvalue weighted by atomic mass is 10.2. The summed E-state index contributed by atoms with van der Waals surface area (Å²) in [7, 11) is 0. The van der Waals surface area contributed by atoms with E-state index in [9.17, 15) is 9.59 Å². The summed E-state index contributed by atoms with van der Waals surface area (Å²) in [6.45, 7) is 11.9. The van der Waals surface area contributed by atoms with E-state index < -0.39 is 0 Å². The monoisotopic (exact) mass is 270 g/mol. The topological polar surface area (TPSA) is 72.8 Å². The van der Waals surface area contributed by atoms with E-state index in [1.807, 2.05) is 6.92 Å². The Labute approximate surface area is 114 Å². The van der Waals surface area contributed by atoms with Crippen LogP contribution in [-0.2, 0) is 19.1 Å². The summed E-state index contributed by atoms with van der Waals surface area (Å²) in [6, 6.07) is 0. The normalized spacial score (nSPS) is 9.26. The van der Waals surface area contributed by atoms with Gasteiger partial charge in [0.25, 0.3) is 0 Å². The number of carbonyl (C=O) groups is 2. The van der Waals surface area contributed by atoms with E-state index in [-0.39, 0.29) is 18.5 Å². The van der Waals surface area contributed by atoms with Crippen molar-refractivity contribution in [2.75, 3.05) is 13.2 Å². The van der Waals surface area contributed by atoms with E-state index in [0.717, 1.165) is 5.57 Å². The number of ether oxygens (including phenoxy) is 2. The molecule has 0 aliphatic carbocycles. The first-order valence-corrected chi connectivity index (χ1v) is 5.69. The lowest BCUT2D eigenvalue weighted by Crippen LogP contribution is -2.02. The van der Waals surface area contributed by atoms with Crippen molar-refractivity contribution in [3.8, 4) is 0 Å². The minimum atomic E-state index is -0.312. The number of rotatable bonds is 6. The molecule has 1 N–H and O–H groups in total. The van der Waals surface area contributed by atoms with Crippen molar-refractivity contribution in [2.24, 2.45) is 0 Å². The summed E-state index contributed by atoms with van der Waals surface area (Å²) in [5, 5.41) is 8.46. The molecule has 0 fully saturated rings. The Morgan fingerprint density at radius 1 is 1.16 bits per heavy atom. The second kappa shape index (κ2) is 12.6. The molecule has 5 nitrogen and oxygen atoms in total. The molecule has 0 saturated carbocycles. The third-order valence-electron chi connectivity index (χ3n) is 1.57. The minimum Gasteiger partial charge on any atom is -0.466 e. The van der Waals surface area contributed by atoms with E-state index >= 15 is 0 Å². The second-order valence-corrected chi connectivity index (χ2v) is 3.76. The number of hydrogen-bond acceptors (Lipinski definition) is 5. The van der Waals surface area contributed by atoms with Crippen LogP contribution < -0.4 is 0 Å². The molecular formula is C14H22O5. The molecular weight excluding hydrogens is 248 g/mol. The highest BCUT2D eigenvalue weighted by Crippen LogP contribution is 1.95. The van der Waals surface area contributed by atoms with Crippen molar-refractivity contribution in [1.82, 2.24) is 0 Å². The molecule has 0 amide bonds. The van der Waals surface area contributed by atoms with E-state index in [1.54, 1.807) is 6.08 Å². The molecule has 0 aromatic carbocycles. The molecule has 0 radical (unpaired) electrons. The fourth-order valence-corrected chi connectivity index (χ4v) is 0.664. The van der Waals surface area contributed by atoms with Gasteiger partial charge in [-0.3, -0.25) is 9.59 Å². The van der Waals surface area contributed by atoms with Crippen LogP contribution in [0.25, 0.3) is 0 Å². The molecule has 19 heavy (non-hydrogen) atoms. The second-order valence-electron chi connectivity index (χ2n) is 3.76. The largest absolute Gasteiger partial charge is 0.466 e.